The van der Waals surface area contributed by atoms with E-state index in [1.807, 2.05) is 24.3 Å². The summed E-state index contributed by atoms with van der Waals surface area (Å²) in [5.74, 6) is -2.72. The number of hydrogen-bond donors (Lipinski definition) is 3. The molecule has 0 spiro atoms. The van der Waals surface area contributed by atoms with Gasteiger partial charge in [0.2, 0.25) is 5.92 Å². The highest BCUT2D eigenvalue weighted by atomic mass is 19.3. The molecular weight excluding hydrogens is 328 g/mol. The normalized spacial score (nSPS) is 20.0. The lowest BCUT2D eigenvalue weighted by Crippen LogP contribution is -2.41. The predicted molar refractivity (Wildman–Crippen MR) is 93.8 cm³/mol. The first-order valence-electron chi connectivity index (χ1n) is 8.25. The third-order valence-electron chi connectivity index (χ3n) is 4.75. The quantitative estimate of drug-likeness (QED) is 0.633. The minimum absolute atomic E-state index is 0.109. The average Bonchev–Trinajstić information content (AvgIpc) is 3.00. The number of para-hydroxylation sites is 1. The van der Waals surface area contributed by atoms with Gasteiger partial charge in [-0.3, -0.25) is 9.59 Å². The molecule has 4 rings (SSSR count). The summed E-state index contributed by atoms with van der Waals surface area (Å²) in [6.45, 7) is 0. The van der Waals surface area contributed by atoms with Crippen molar-refractivity contribution in [3.8, 4) is 0 Å². The number of aromatic nitrogens is 1. The molecule has 0 amide bonds. The van der Waals surface area contributed by atoms with E-state index in [1.54, 1.807) is 6.20 Å². The Kier molecular flexibility index (Phi) is 3.59. The minimum Gasteiger partial charge on any atom is -0.377 e. The molecule has 1 fully saturated rings. The van der Waals surface area contributed by atoms with Crippen molar-refractivity contribution in [2.24, 2.45) is 0 Å². The Hall–Kier alpha value is -2.70. The van der Waals surface area contributed by atoms with E-state index >= 15 is 0 Å². The second-order valence-corrected chi connectivity index (χ2v) is 6.57. The fourth-order valence-electron chi connectivity index (χ4n) is 3.46. The van der Waals surface area contributed by atoms with Crippen LogP contribution in [0.15, 0.2) is 40.1 Å². The zero-order chi connectivity index (χ0) is 17.6. The van der Waals surface area contributed by atoms with Crippen LogP contribution in [0, 0.1) is 0 Å². The SMILES string of the molecule is O=c1c(Nc2c[nH]c3ccccc23)c(NC2CCCC(F)(F)C2)c1=O. The summed E-state index contributed by atoms with van der Waals surface area (Å²) in [6, 6.07) is 7.03. The number of rotatable bonds is 4. The monoisotopic (exact) mass is 345 g/mol. The van der Waals surface area contributed by atoms with Crippen molar-refractivity contribution in [1.29, 1.82) is 0 Å². The highest BCUT2D eigenvalue weighted by Gasteiger charge is 2.37. The van der Waals surface area contributed by atoms with Crippen LogP contribution >= 0.6 is 0 Å². The van der Waals surface area contributed by atoms with Crippen LogP contribution < -0.4 is 21.5 Å². The maximum absolute atomic E-state index is 13.5. The number of aromatic amines is 1. The molecular formula is C18H17F2N3O2. The molecule has 2 aromatic carbocycles. The maximum Gasteiger partial charge on any atom is 0.253 e. The summed E-state index contributed by atoms with van der Waals surface area (Å²) >= 11 is 0. The molecule has 1 atom stereocenters. The van der Waals surface area contributed by atoms with Crippen LogP contribution in [0.4, 0.5) is 25.8 Å². The molecule has 7 heteroatoms. The largest absolute Gasteiger partial charge is 0.377 e. The average molecular weight is 345 g/mol. The Labute approximate surface area is 141 Å². The van der Waals surface area contributed by atoms with E-state index in [0.717, 1.165) is 10.9 Å². The smallest absolute Gasteiger partial charge is 0.253 e. The molecule has 1 aromatic heterocycles. The lowest BCUT2D eigenvalue weighted by molar-refractivity contribution is -0.0373. The van der Waals surface area contributed by atoms with E-state index in [2.05, 4.69) is 15.6 Å². The van der Waals surface area contributed by atoms with Crippen molar-refractivity contribution in [3.63, 3.8) is 0 Å². The van der Waals surface area contributed by atoms with E-state index in [0.29, 0.717) is 18.5 Å². The second-order valence-electron chi connectivity index (χ2n) is 6.57. The highest BCUT2D eigenvalue weighted by Crippen LogP contribution is 2.35. The van der Waals surface area contributed by atoms with E-state index in [-0.39, 0.29) is 24.2 Å². The van der Waals surface area contributed by atoms with Gasteiger partial charge in [-0.15, -0.1) is 0 Å². The van der Waals surface area contributed by atoms with Gasteiger partial charge in [-0.05, 0) is 18.9 Å². The molecule has 0 radical (unpaired) electrons. The molecule has 0 aliphatic heterocycles. The van der Waals surface area contributed by atoms with Gasteiger partial charge < -0.3 is 15.6 Å². The Morgan fingerprint density at radius 3 is 2.68 bits per heavy atom. The minimum atomic E-state index is -2.72. The predicted octanol–water partition coefficient (Wildman–Crippen LogP) is 3.50. The first kappa shape index (κ1) is 15.8. The number of anilines is 3. The second kappa shape index (κ2) is 5.68. The number of benzene rings is 1. The van der Waals surface area contributed by atoms with Crippen LogP contribution in [0.3, 0.4) is 0 Å². The first-order chi connectivity index (χ1) is 11.9. The Morgan fingerprint density at radius 2 is 1.88 bits per heavy atom. The van der Waals surface area contributed by atoms with Crippen LogP contribution in [0.25, 0.3) is 10.9 Å². The van der Waals surface area contributed by atoms with Crippen LogP contribution in [-0.4, -0.2) is 16.9 Å². The van der Waals surface area contributed by atoms with E-state index < -0.39 is 22.8 Å². The van der Waals surface area contributed by atoms with Crippen LogP contribution in [-0.2, 0) is 0 Å². The fourth-order valence-corrected chi connectivity index (χ4v) is 3.46. The molecule has 1 unspecified atom stereocenters. The number of alkyl halides is 2. The van der Waals surface area contributed by atoms with Gasteiger partial charge in [-0.2, -0.15) is 0 Å². The van der Waals surface area contributed by atoms with Gasteiger partial charge >= 0.3 is 0 Å². The third-order valence-corrected chi connectivity index (χ3v) is 4.75. The summed E-state index contributed by atoms with van der Waals surface area (Å²) in [6.07, 6.45) is 2.21. The first-order valence-corrected chi connectivity index (χ1v) is 8.25. The fraction of sp³-hybridized carbons (Fsp3) is 0.333. The Morgan fingerprint density at radius 1 is 1.12 bits per heavy atom. The van der Waals surface area contributed by atoms with E-state index in [1.165, 1.54) is 0 Å². The molecule has 3 N–H and O–H groups in total. The van der Waals surface area contributed by atoms with Crippen molar-refractivity contribution in [1.82, 2.24) is 4.98 Å². The summed E-state index contributed by atoms with van der Waals surface area (Å²) in [4.78, 5) is 26.9. The third kappa shape index (κ3) is 2.79. The van der Waals surface area contributed by atoms with E-state index in [9.17, 15) is 18.4 Å². The molecule has 1 aliphatic carbocycles. The zero-order valence-electron chi connectivity index (χ0n) is 13.4. The molecule has 3 aromatic rings. The van der Waals surface area contributed by atoms with Gasteiger partial charge in [-0.1, -0.05) is 18.2 Å². The van der Waals surface area contributed by atoms with E-state index in [4.69, 9.17) is 0 Å². The van der Waals surface area contributed by atoms with Gasteiger partial charge in [0.05, 0.1) is 5.69 Å². The summed E-state index contributed by atoms with van der Waals surface area (Å²) in [5.41, 5.74) is 0.526. The summed E-state index contributed by atoms with van der Waals surface area (Å²) < 4.78 is 27.1. The van der Waals surface area contributed by atoms with Crippen LogP contribution in [0.5, 0.6) is 0 Å². The molecule has 5 nitrogen and oxygen atoms in total. The van der Waals surface area contributed by atoms with Gasteiger partial charge in [0.1, 0.15) is 11.4 Å². The number of fused-ring (bicyclic) bond motifs is 1. The van der Waals surface area contributed by atoms with Gasteiger partial charge in [0, 0.05) is 36.0 Å². The molecule has 1 saturated carbocycles. The number of hydrogen-bond acceptors (Lipinski definition) is 4. The van der Waals surface area contributed by atoms with Crippen molar-refractivity contribution in [3.05, 3.63) is 50.9 Å². The molecule has 25 heavy (non-hydrogen) atoms. The van der Waals surface area contributed by atoms with Gasteiger partial charge in [-0.25, -0.2) is 8.78 Å². The summed E-state index contributed by atoms with van der Waals surface area (Å²) in [5, 5.41) is 6.71. The van der Waals surface area contributed by atoms with Crippen LogP contribution in [0.1, 0.15) is 25.7 Å². The van der Waals surface area contributed by atoms with Gasteiger partial charge in [0.25, 0.3) is 10.9 Å². The van der Waals surface area contributed by atoms with Crippen molar-refractivity contribution < 1.29 is 8.78 Å². The zero-order valence-corrected chi connectivity index (χ0v) is 13.4. The highest BCUT2D eigenvalue weighted by molar-refractivity contribution is 5.95. The lowest BCUT2D eigenvalue weighted by Gasteiger charge is -2.30. The van der Waals surface area contributed by atoms with Crippen molar-refractivity contribution in [2.45, 2.75) is 37.6 Å². The van der Waals surface area contributed by atoms with Crippen molar-refractivity contribution in [2.75, 3.05) is 10.6 Å². The molecule has 0 saturated heterocycles. The standard InChI is InChI=1S/C18H17F2N3O2/c19-18(20)7-3-4-10(8-18)22-14-15(17(25)16(14)24)23-13-9-21-12-6-2-1-5-11(12)13/h1-2,5-6,9-10,21-23H,3-4,7-8H2. The number of nitrogens with one attached hydrogen (secondary N) is 3. The van der Waals surface area contributed by atoms with Crippen LogP contribution in [0.2, 0.25) is 0 Å². The maximum atomic E-state index is 13.5. The number of H-pyrrole nitrogens is 1. The Bertz CT molecular complexity index is 1000. The Balaban J connectivity index is 1.59. The lowest BCUT2D eigenvalue weighted by atomic mass is 9.91. The molecule has 1 heterocycles. The van der Waals surface area contributed by atoms with Crippen molar-refractivity contribution >= 4 is 28.0 Å². The van der Waals surface area contributed by atoms with Gasteiger partial charge in [0.15, 0.2) is 0 Å². The molecule has 1 aliphatic rings. The number of halogens is 2. The molecule has 130 valence electrons. The summed E-state index contributed by atoms with van der Waals surface area (Å²) in [7, 11) is 0. The topological polar surface area (TPSA) is 74.0 Å². The molecule has 0 bridgehead atoms.